The van der Waals surface area contributed by atoms with E-state index in [9.17, 15) is 14.4 Å². The fourth-order valence-corrected chi connectivity index (χ4v) is 1.52. The van der Waals surface area contributed by atoms with E-state index in [1.807, 2.05) is 5.32 Å². The van der Waals surface area contributed by atoms with Crippen LogP contribution in [0.3, 0.4) is 0 Å². The number of urea groups is 1. The number of carbonyl (C=O) groups excluding carboxylic acids is 3. The topological polar surface area (TPSA) is 111 Å². The van der Waals surface area contributed by atoms with E-state index in [1.165, 1.54) is 32.2 Å². The Labute approximate surface area is 120 Å². The van der Waals surface area contributed by atoms with E-state index in [2.05, 4.69) is 5.32 Å². The molecule has 1 rings (SSSR count). The molecule has 1 atom stereocenters. The lowest BCUT2D eigenvalue weighted by Crippen LogP contribution is -2.43. The second kappa shape index (κ2) is 6.76. The predicted molar refractivity (Wildman–Crippen MR) is 73.3 cm³/mol. The normalized spacial score (nSPS) is 11.3. The van der Waals surface area contributed by atoms with Crippen LogP contribution in [0.1, 0.15) is 17.3 Å². The number of rotatable bonds is 3. The van der Waals surface area contributed by atoms with E-state index in [0.29, 0.717) is 5.69 Å². The number of imide groups is 1. The average Bonchev–Trinajstić information content (AvgIpc) is 2.37. The predicted octanol–water partition coefficient (Wildman–Crippen LogP) is 0.923. The Morgan fingerprint density at radius 1 is 1.35 bits per heavy atom. The Hall–Kier alpha value is -2.28. The Morgan fingerprint density at radius 2 is 2.00 bits per heavy atom. The van der Waals surface area contributed by atoms with Gasteiger partial charge in [0.2, 0.25) is 0 Å². The second-order valence-corrected chi connectivity index (χ2v) is 4.26. The number of anilines is 1. The number of amides is 3. The van der Waals surface area contributed by atoms with Crippen molar-refractivity contribution in [1.29, 1.82) is 0 Å². The zero-order chi connectivity index (χ0) is 15.3. The largest absolute Gasteiger partial charge is 0.449 e. The van der Waals surface area contributed by atoms with Gasteiger partial charge in [-0.2, -0.15) is 0 Å². The molecule has 20 heavy (non-hydrogen) atoms. The van der Waals surface area contributed by atoms with E-state index in [0.717, 1.165) is 0 Å². The molecule has 0 aromatic heterocycles. The first-order valence-corrected chi connectivity index (χ1v) is 6.01. The number of carbonyl (C=O) groups is 3. The quantitative estimate of drug-likeness (QED) is 0.568. The molecule has 7 nitrogen and oxygen atoms in total. The minimum absolute atomic E-state index is 0.0838. The van der Waals surface area contributed by atoms with Crippen LogP contribution in [0.2, 0.25) is 5.02 Å². The number of hydrogen-bond donors (Lipinski definition) is 3. The zero-order valence-corrected chi connectivity index (χ0v) is 11.7. The van der Waals surface area contributed by atoms with E-state index in [4.69, 9.17) is 22.1 Å². The third-order valence-corrected chi connectivity index (χ3v) is 2.64. The van der Waals surface area contributed by atoms with Gasteiger partial charge in [-0.15, -0.1) is 0 Å². The summed E-state index contributed by atoms with van der Waals surface area (Å²) in [6, 6.07) is 3.58. The summed E-state index contributed by atoms with van der Waals surface area (Å²) >= 11 is 5.85. The van der Waals surface area contributed by atoms with Gasteiger partial charge in [-0.1, -0.05) is 11.6 Å². The molecule has 1 unspecified atom stereocenters. The van der Waals surface area contributed by atoms with Gasteiger partial charge in [-0.05, 0) is 25.1 Å². The highest BCUT2D eigenvalue weighted by Crippen LogP contribution is 2.20. The smallest absolute Gasteiger partial charge is 0.340 e. The molecule has 0 saturated carbocycles. The number of halogens is 1. The molecule has 1 aromatic rings. The average molecular weight is 300 g/mol. The SMILES string of the molecule is CNC(=O)NC(=O)C(C)OC(=O)c1ccc(N)cc1Cl. The van der Waals surface area contributed by atoms with Gasteiger partial charge in [-0.25, -0.2) is 9.59 Å². The van der Waals surface area contributed by atoms with Crippen LogP contribution in [0, 0.1) is 0 Å². The lowest BCUT2D eigenvalue weighted by molar-refractivity contribution is -0.127. The lowest BCUT2D eigenvalue weighted by Gasteiger charge is -2.13. The fourth-order valence-electron chi connectivity index (χ4n) is 1.25. The van der Waals surface area contributed by atoms with Crippen molar-refractivity contribution in [1.82, 2.24) is 10.6 Å². The first-order chi connectivity index (χ1) is 9.35. The van der Waals surface area contributed by atoms with Crippen molar-refractivity contribution in [2.24, 2.45) is 0 Å². The summed E-state index contributed by atoms with van der Waals surface area (Å²) in [5.74, 6) is -1.53. The fraction of sp³-hybridized carbons (Fsp3) is 0.250. The van der Waals surface area contributed by atoms with Gasteiger partial charge in [0.1, 0.15) is 0 Å². The van der Waals surface area contributed by atoms with Gasteiger partial charge in [0.05, 0.1) is 10.6 Å². The highest BCUT2D eigenvalue weighted by Gasteiger charge is 2.21. The molecule has 8 heteroatoms. The molecule has 0 saturated heterocycles. The molecule has 4 N–H and O–H groups in total. The van der Waals surface area contributed by atoms with E-state index >= 15 is 0 Å². The number of nitrogen functional groups attached to an aromatic ring is 1. The third kappa shape index (κ3) is 4.13. The highest BCUT2D eigenvalue weighted by atomic mass is 35.5. The van der Waals surface area contributed by atoms with Crippen molar-refractivity contribution in [2.75, 3.05) is 12.8 Å². The van der Waals surface area contributed by atoms with E-state index < -0.39 is 24.0 Å². The number of esters is 1. The number of benzene rings is 1. The first kappa shape index (κ1) is 15.8. The van der Waals surface area contributed by atoms with Crippen molar-refractivity contribution in [3.05, 3.63) is 28.8 Å². The van der Waals surface area contributed by atoms with Crippen molar-refractivity contribution >= 4 is 35.2 Å². The summed E-state index contributed by atoms with van der Waals surface area (Å²) < 4.78 is 4.91. The molecule has 0 bridgehead atoms. The molecular weight excluding hydrogens is 286 g/mol. The maximum Gasteiger partial charge on any atom is 0.340 e. The lowest BCUT2D eigenvalue weighted by atomic mass is 10.2. The van der Waals surface area contributed by atoms with Crippen LogP contribution in [0.25, 0.3) is 0 Å². The van der Waals surface area contributed by atoms with Crippen LogP contribution in [-0.2, 0) is 9.53 Å². The molecule has 3 amide bonds. The molecule has 0 spiro atoms. The Bertz CT molecular complexity index is 548. The molecule has 1 aromatic carbocycles. The molecule has 0 aliphatic heterocycles. The highest BCUT2D eigenvalue weighted by molar-refractivity contribution is 6.33. The number of hydrogen-bond acceptors (Lipinski definition) is 5. The van der Waals surface area contributed by atoms with Gasteiger partial charge in [-0.3, -0.25) is 10.1 Å². The van der Waals surface area contributed by atoms with Gasteiger partial charge in [0.25, 0.3) is 5.91 Å². The summed E-state index contributed by atoms with van der Waals surface area (Å²) in [6.07, 6.45) is -1.14. The summed E-state index contributed by atoms with van der Waals surface area (Å²) in [7, 11) is 1.35. The minimum atomic E-state index is -1.14. The number of ether oxygens (including phenoxy) is 1. The standard InChI is InChI=1S/C12H14ClN3O4/c1-6(10(17)16-12(19)15-2)20-11(18)8-4-3-7(14)5-9(8)13/h3-6H,14H2,1-2H3,(H2,15,16,17,19). The molecule has 0 heterocycles. The summed E-state index contributed by atoms with van der Waals surface area (Å²) in [4.78, 5) is 34.3. The molecule has 0 aliphatic rings. The molecule has 0 radical (unpaired) electrons. The van der Waals surface area contributed by atoms with Crippen LogP contribution < -0.4 is 16.4 Å². The maximum absolute atomic E-state index is 11.8. The van der Waals surface area contributed by atoms with Crippen LogP contribution in [0.15, 0.2) is 18.2 Å². The second-order valence-electron chi connectivity index (χ2n) is 3.86. The molecule has 108 valence electrons. The molecule has 0 fully saturated rings. The van der Waals surface area contributed by atoms with Crippen LogP contribution in [0.4, 0.5) is 10.5 Å². The van der Waals surface area contributed by atoms with Crippen molar-refractivity contribution < 1.29 is 19.1 Å². The first-order valence-electron chi connectivity index (χ1n) is 5.63. The van der Waals surface area contributed by atoms with Crippen LogP contribution in [-0.4, -0.2) is 31.1 Å². The van der Waals surface area contributed by atoms with Crippen LogP contribution >= 0.6 is 11.6 Å². The van der Waals surface area contributed by atoms with Crippen molar-refractivity contribution in [3.63, 3.8) is 0 Å². The van der Waals surface area contributed by atoms with Gasteiger partial charge < -0.3 is 15.8 Å². The molecule has 0 aliphatic carbocycles. The van der Waals surface area contributed by atoms with Gasteiger partial charge in [0.15, 0.2) is 6.10 Å². The minimum Gasteiger partial charge on any atom is -0.449 e. The number of nitrogens with two attached hydrogens (primary N) is 1. The van der Waals surface area contributed by atoms with E-state index in [1.54, 1.807) is 0 Å². The van der Waals surface area contributed by atoms with E-state index in [-0.39, 0.29) is 10.6 Å². The third-order valence-electron chi connectivity index (χ3n) is 2.33. The monoisotopic (exact) mass is 299 g/mol. The summed E-state index contributed by atoms with van der Waals surface area (Å²) in [5, 5.41) is 4.31. The van der Waals surface area contributed by atoms with Crippen molar-refractivity contribution in [3.8, 4) is 0 Å². The van der Waals surface area contributed by atoms with Crippen LogP contribution in [0.5, 0.6) is 0 Å². The Balaban J connectivity index is 2.70. The maximum atomic E-state index is 11.8. The van der Waals surface area contributed by atoms with Gasteiger partial charge >= 0.3 is 12.0 Å². The van der Waals surface area contributed by atoms with Gasteiger partial charge in [0, 0.05) is 12.7 Å². The summed E-state index contributed by atoms with van der Waals surface area (Å²) in [6.45, 7) is 1.33. The summed E-state index contributed by atoms with van der Waals surface area (Å²) in [5.41, 5.74) is 5.99. The van der Waals surface area contributed by atoms with Crippen molar-refractivity contribution in [2.45, 2.75) is 13.0 Å². The Kier molecular flexibility index (Phi) is 5.33. The zero-order valence-electron chi connectivity index (χ0n) is 10.9. The number of nitrogens with one attached hydrogen (secondary N) is 2. The Morgan fingerprint density at radius 3 is 2.55 bits per heavy atom. The molecular formula is C12H14ClN3O4.